The first kappa shape index (κ1) is 18.5. The molecule has 2 saturated carbocycles. The standard InChI is InChI=1S/C22H28N4O3/c1-13-8-20(27)24-18-10-15(21(28)23-7-6-14-2-3-14)4-5-19(18)26(13)22(29)25-11-16-9-17(16)12-25/h4-5,10,13-14,16-17H,2-3,6-9,11-12H2,1H3,(H,23,28)(H,24,27)/t13-,16?,17?/m1/s1. The molecule has 0 bridgehead atoms. The smallest absolute Gasteiger partial charge is 0.324 e. The highest BCUT2D eigenvalue weighted by Gasteiger charge is 2.48. The van der Waals surface area contributed by atoms with Crippen LogP contribution in [0.15, 0.2) is 18.2 Å². The molecule has 4 aliphatic rings. The highest BCUT2D eigenvalue weighted by atomic mass is 16.2. The largest absolute Gasteiger partial charge is 0.352 e. The lowest BCUT2D eigenvalue weighted by molar-refractivity contribution is -0.116. The van der Waals surface area contributed by atoms with Crippen molar-refractivity contribution >= 4 is 29.2 Å². The molecule has 1 aromatic carbocycles. The number of nitrogens with one attached hydrogen (secondary N) is 2. The zero-order valence-electron chi connectivity index (χ0n) is 16.8. The third-order valence-electron chi connectivity index (χ3n) is 6.70. The lowest BCUT2D eigenvalue weighted by Gasteiger charge is -2.32. The van der Waals surface area contributed by atoms with E-state index < -0.39 is 0 Å². The number of benzene rings is 1. The van der Waals surface area contributed by atoms with Gasteiger partial charge in [0.05, 0.1) is 11.4 Å². The Morgan fingerprint density at radius 1 is 1.21 bits per heavy atom. The Balaban J connectivity index is 1.37. The Labute approximate surface area is 170 Å². The number of hydrogen-bond acceptors (Lipinski definition) is 3. The molecule has 7 nitrogen and oxygen atoms in total. The number of hydrogen-bond donors (Lipinski definition) is 2. The van der Waals surface area contributed by atoms with E-state index in [9.17, 15) is 14.4 Å². The van der Waals surface area contributed by atoms with Crippen molar-refractivity contribution in [1.82, 2.24) is 10.2 Å². The van der Waals surface area contributed by atoms with Crippen LogP contribution in [-0.2, 0) is 4.79 Å². The van der Waals surface area contributed by atoms with Gasteiger partial charge in [-0.25, -0.2) is 4.79 Å². The van der Waals surface area contributed by atoms with E-state index in [-0.39, 0.29) is 30.3 Å². The molecule has 2 aliphatic heterocycles. The van der Waals surface area contributed by atoms with Gasteiger partial charge in [0.25, 0.3) is 5.91 Å². The second-order valence-corrected chi connectivity index (χ2v) is 9.13. The molecule has 0 aromatic heterocycles. The maximum absolute atomic E-state index is 13.3. The molecule has 154 valence electrons. The molecule has 1 aromatic rings. The van der Waals surface area contributed by atoms with Crippen molar-refractivity contribution in [3.05, 3.63) is 23.8 Å². The van der Waals surface area contributed by atoms with Gasteiger partial charge in [-0.1, -0.05) is 12.8 Å². The summed E-state index contributed by atoms with van der Waals surface area (Å²) in [5.41, 5.74) is 1.71. The molecular weight excluding hydrogens is 368 g/mol. The molecule has 3 atom stereocenters. The molecular formula is C22H28N4O3. The molecule has 1 saturated heterocycles. The van der Waals surface area contributed by atoms with Crippen LogP contribution in [-0.4, -0.2) is 48.4 Å². The van der Waals surface area contributed by atoms with Gasteiger partial charge in [-0.2, -0.15) is 0 Å². The van der Waals surface area contributed by atoms with E-state index in [1.165, 1.54) is 19.3 Å². The third-order valence-corrected chi connectivity index (χ3v) is 6.70. The second kappa shape index (κ2) is 7.04. The Morgan fingerprint density at radius 3 is 2.69 bits per heavy atom. The highest BCUT2D eigenvalue weighted by molar-refractivity contribution is 6.06. The van der Waals surface area contributed by atoms with Crippen molar-refractivity contribution in [3.8, 4) is 0 Å². The molecule has 2 unspecified atom stereocenters. The van der Waals surface area contributed by atoms with Crippen LogP contribution in [0.4, 0.5) is 16.2 Å². The van der Waals surface area contributed by atoms with Crippen molar-refractivity contribution in [2.24, 2.45) is 17.8 Å². The summed E-state index contributed by atoms with van der Waals surface area (Å²) in [5, 5.41) is 5.85. The Bertz CT molecular complexity index is 856. The fourth-order valence-corrected chi connectivity index (χ4v) is 4.68. The first-order chi connectivity index (χ1) is 14.0. The zero-order valence-corrected chi connectivity index (χ0v) is 16.8. The number of rotatable bonds is 4. The maximum atomic E-state index is 13.3. The molecule has 3 fully saturated rings. The van der Waals surface area contributed by atoms with Crippen molar-refractivity contribution in [1.29, 1.82) is 0 Å². The van der Waals surface area contributed by atoms with Crippen LogP contribution >= 0.6 is 0 Å². The predicted molar refractivity (Wildman–Crippen MR) is 110 cm³/mol. The summed E-state index contributed by atoms with van der Waals surface area (Å²) in [6.07, 6.45) is 5.02. The Hall–Kier alpha value is -2.57. The number of anilines is 2. The van der Waals surface area contributed by atoms with Crippen molar-refractivity contribution in [2.45, 2.75) is 45.1 Å². The van der Waals surface area contributed by atoms with Crippen LogP contribution in [0, 0.1) is 17.8 Å². The number of nitrogens with zero attached hydrogens (tertiary/aromatic N) is 2. The van der Waals surface area contributed by atoms with Gasteiger partial charge < -0.3 is 15.5 Å². The van der Waals surface area contributed by atoms with E-state index in [0.717, 1.165) is 25.4 Å². The van der Waals surface area contributed by atoms with Crippen LogP contribution < -0.4 is 15.5 Å². The average Bonchev–Trinajstić information content (AvgIpc) is 3.61. The van der Waals surface area contributed by atoms with Crippen LogP contribution in [0.3, 0.4) is 0 Å². The molecule has 5 rings (SSSR count). The van der Waals surface area contributed by atoms with E-state index in [4.69, 9.17) is 0 Å². The molecule has 4 amide bonds. The predicted octanol–water partition coefficient (Wildman–Crippen LogP) is 2.83. The van der Waals surface area contributed by atoms with E-state index in [0.29, 0.717) is 35.3 Å². The number of fused-ring (bicyclic) bond motifs is 2. The number of likely N-dealkylation sites (tertiary alicyclic amines) is 1. The van der Waals surface area contributed by atoms with E-state index >= 15 is 0 Å². The van der Waals surface area contributed by atoms with Gasteiger partial charge in [0, 0.05) is 37.7 Å². The monoisotopic (exact) mass is 396 g/mol. The Kier molecular flexibility index (Phi) is 4.48. The highest BCUT2D eigenvalue weighted by Crippen LogP contribution is 2.45. The topological polar surface area (TPSA) is 81.8 Å². The SMILES string of the molecule is C[C@@H]1CC(=O)Nc2cc(C(=O)NCCC3CC3)ccc2N1C(=O)N1CC2CC2C1. The first-order valence-corrected chi connectivity index (χ1v) is 10.8. The van der Waals surface area contributed by atoms with Gasteiger partial charge in [0.1, 0.15) is 0 Å². The van der Waals surface area contributed by atoms with Gasteiger partial charge in [-0.15, -0.1) is 0 Å². The lowest BCUT2D eigenvalue weighted by Crippen LogP contribution is -2.47. The quantitative estimate of drug-likeness (QED) is 0.821. The molecule has 7 heteroatoms. The zero-order chi connectivity index (χ0) is 20.1. The summed E-state index contributed by atoms with van der Waals surface area (Å²) in [4.78, 5) is 41.8. The summed E-state index contributed by atoms with van der Waals surface area (Å²) in [7, 11) is 0. The molecule has 0 spiro atoms. The summed E-state index contributed by atoms with van der Waals surface area (Å²) >= 11 is 0. The fourth-order valence-electron chi connectivity index (χ4n) is 4.68. The lowest BCUT2D eigenvalue weighted by atomic mass is 10.1. The van der Waals surface area contributed by atoms with E-state index in [2.05, 4.69) is 10.6 Å². The maximum Gasteiger partial charge on any atom is 0.324 e. The van der Waals surface area contributed by atoms with Crippen molar-refractivity contribution < 1.29 is 14.4 Å². The normalized spacial score (nSPS) is 27.6. The Morgan fingerprint density at radius 2 is 1.97 bits per heavy atom. The number of amides is 4. The number of urea groups is 1. The average molecular weight is 396 g/mol. The number of carbonyl (C=O) groups is 3. The molecule has 0 radical (unpaired) electrons. The summed E-state index contributed by atoms with van der Waals surface area (Å²) in [6.45, 7) is 4.20. The third kappa shape index (κ3) is 3.70. The van der Waals surface area contributed by atoms with E-state index in [1.807, 2.05) is 11.8 Å². The molecule has 2 heterocycles. The number of carbonyl (C=O) groups excluding carboxylic acids is 3. The minimum atomic E-state index is -0.237. The minimum Gasteiger partial charge on any atom is -0.352 e. The van der Waals surface area contributed by atoms with E-state index in [1.54, 1.807) is 23.1 Å². The minimum absolute atomic E-state index is 0.0379. The van der Waals surface area contributed by atoms with Gasteiger partial charge in [-0.05, 0) is 55.7 Å². The summed E-state index contributed by atoms with van der Waals surface area (Å²) in [6, 6.07) is 4.96. The van der Waals surface area contributed by atoms with Gasteiger partial charge in [0.15, 0.2) is 0 Å². The van der Waals surface area contributed by atoms with Crippen molar-refractivity contribution in [3.63, 3.8) is 0 Å². The van der Waals surface area contributed by atoms with Crippen LogP contribution in [0.5, 0.6) is 0 Å². The molecule has 29 heavy (non-hydrogen) atoms. The molecule has 2 N–H and O–H groups in total. The number of piperidine rings is 1. The van der Waals surface area contributed by atoms with Crippen LogP contribution in [0.2, 0.25) is 0 Å². The van der Waals surface area contributed by atoms with Gasteiger partial charge in [0.2, 0.25) is 5.91 Å². The summed E-state index contributed by atoms with van der Waals surface area (Å²) in [5.74, 6) is 1.80. The fraction of sp³-hybridized carbons (Fsp3) is 0.591. The van der Waals surface area contributed by atoms with Crippen LogP contribution in [0.1, 0.15) is 49.4 Å². The second-order valence-electron chi connectivity index (χ2n) is 9.13. The first-order valence-electron chi connectivity index (χ1n) is 10.8. The van der Waals surface area contributed by atoms with Crippen LogP contribution in [0.25, 0.3) is 0 Å². The van der Waals surface area contributed by atoms with Gasteiger partial charge >= 0.3 is 6.03 Å². The summed E-state index contributed by atoms with van der Waals surface area (Å²) < 4.78 is 0. The van der Waals surface area contributed by atoms with Crippen molar-refractivity contribution in [2.75, 3.05) is 29.9 Å². The molecule has 2 aliphatic carbocycles. The van der Waals surface area contributed by atoms with Gasteiger partial charge in [-0.3, -0.25) is 14.5 Å².